The third-order valence-corrected chi connectivity index (χ3v) is 6.39. The fourth-order valence-corrected chi connectivity index (χ4v) is 4.48. The topological polar surface area (TPSA) is 102 Å². The highest BCUT2D eigenvalue weighted by atomic mass is 32.2. The summed E-state index contributed by atoms with van der Waals surface area (Å²) in [6.45, 7) is 3.09. The number of hydrogen-bond acceptors (Lipinski definition) is 7. The predicted octanol–water partition coefficient (Wildman–Crippen LogP) is 2.27. The van der Waals surface area contributed by atoms with Crippen LogP contribution in [-0.2, 0) is 26.2 Å². The summed E-state index contributed by atoms with van der Waals surface area (Å²) in [7, 11) is -2.71. The minimum atomic E-state index is -3.89. The van der Waals surface area contributed by atoms with Crippen molar-refractivity contribution < 1.29 is 32.5 Å². The second-order valence-corrected chi connectivity index (χ2v) is 9.89. The maximum Gasteiger partial charge on any atom is 0.321 e. The minimum absolute atomic E-state index is 0.317. The van der Waals surface area contributed by atoms with Crippen LogP contribution in [0.2, 0.25) is 0 Å². The Morgan fingerprint density at radius 1 is 1.19 bits per heavy atom. The number of ether oxygens (including phenoxy) is 3. The van der Waals surface area contributed by atoms with Crippen molar-refractivity contribution in [2.24, 2.45) is 0 Å². The van der Waals surface area contributed by atoms with Gasteiger partial charge in [-0.25, -0.2) is 8.42 Å². The number of fused-ring (bicyclic) bond motifs is 1. The maximum atomic E-state index is 12.6. The van der Waals surface area contributed by atoms with Crippen LogP contribution in [-0.4, -0.2) is 55.4 Å². The van der Waals surface area contributed by atoms with Crippen LogP contribution in [0.3, 0.4) is 0 Å². The van der Waals surface area contributed by atoms with Crippen molar-refractivity contribution >= 4 is 16.0 Å². The lowest BCUT2D eigenvalue weighted by Gasteiger charge is -2.45. The molecule has 1 heterocycles. The molecule has 0 amide bonds. The monoisotopic (exact) mass is 449 g/mol. The lowest BCUT2D eigenvalue weighted by molar-refractivity contribution is -0.143. The molecule has 0 saturated heterocycles. The average molecular weight is 450 g/mol. The van der Waals surface area contributed by atoms with Gasteiger partial charge in [0.1, 0.15) is 36.4 Å². The van der Waals surface area contributed by atoms with Gasteiger partial charge >= 0.3 is 5.97 Å². The third kappa shape index (κ3) is 5.17. The first-order valence-electron chi connectivity index (χ1n) is 9.74. The van der Waals surface area contributed by atoms with Gasteiger partial charge in [0.15, 0.2) is 0 Å². The van der Waals surface area contributed by atoms with Gasteiger partial charge in [0.05, 0.1) is 19.4 Å². The smallest absolute Gasteiger partial charge is 0.321 e. The molecule has 168 valence electrons. The molecule has 0 bridgehead atoms. The molecule has 8 nitrogen and oxygen atoms in total. The Labute approximate surface area is 182 Å². The van der Waals surface area contributed by atoms with Gasteiger partial charge in [-0.3, -0.25) is 4.79 Å². The maximum absolute atomic E-state index is 12.6. The first-order chi connectivity index (χ1) is 14.5. The number of nitrogens with zero attached hydrogens (tertiary/aromatic N) is 1. The predicted molar refractivity (Wildman–Crippen MR) is 114 cm³/mol. The second kappa shape index (κ2) is 8.86. The lowest BCUT2D eigenvalue weighted by atomic mass is 9.86. The van der Waals surface area contributed by atoms with Gasteiger partial charge < -0.3 is 19.3 Å². The van der Waals surface area contributed by atoms with E-state index in [0.717, 1.165) is 16.1 Å². The van der Waals surface area contributed by atoms with E-state index in [9.17, 15) is 18.3 Å². The number of carbonyl (C=O) groups excluding carboxylic acids is 1. The lowest BCUT2D eigenvalue weighted by Crippen LogP contribution is -2.55. The molecule has 0 saturated carbocycles. The second-order valence-electron chi connectivity index (χ2n) is 7.95. The van der Waals surface area contributed by atoms with Crippen LogP contribution >= 0.6 is 0 Å². The zero-order valence-corrected chi connectivity index (χ0v) is 18.8. The number of esters is 1. The molecule has 0 fully saturated rings. The molecular weight excluding hydrogens is 422 g/mol. The zero-order valence-electron chi connectivity index (χ0n) is 17.9. The van der Waals surface area contributed by atoms with Gasteiger partial charge in [-0.1, -0.05) is 30.3 Å². The Balaban J connectivity index is 2.01. The Morgan fingerprint density at radius 2 is 1.87 bits per heavy atom. The Morgan fingerprint density at radius 3 is 2.48 bits per heavy atom. The minimum Gasteiger partial charge on any atom is -0.489 e. The number of hydrogen-bond donors (Lipinski definition) is 1. The van der Waals surface area contributed by atoms with E-state index in [0.29, 0.717) is 23.7 Å². The van der Waals surface area contributed by atoms with Crippen LogP contribution in [0.4, 0.5) is 0 Å². The van der Waals surface area contributed by atoms with Crippen molar-refractivity contribution in [1.29, 1.82) is 0 Å². The van der Waals surface area contributed by atoms with Crippen molar-refractivity contribution in [3.05, 3.63) is 59.7 Å². The van der Waals surface area contributed by atoms with Crippen molar-refractivity contribution in [2.45, 2.75) is 38.2 Å². The molecule has 3 rings (SSSR count). The van der Waals surface area contributed by atoms with Gasteiger partial charge in [-0.15, -0.1) is 0 Å². The van der Waals surface area contributed by atoms with Crippen molar-refractivity contribution in [3.8, 4) is 11.5 Å². The molecule has 1 N–H and O–H groups in total. The molecule has 1 aliphatic heterocycles. The van der Waals surface area contributed by atoms with Crippen LogP contribution in [0.5, 0.6) is 11.5 Å². The van der Waals surface area contributed by atoms with Gasteiger partial charge in [-0.05, 0) is 37.6 Å². The summed E-state index contributed by atoms with van der Waals surface area (Å²) in [6.07, 6.45) is -0.260. The molecule has 31 heavy (non-hydrogen) atoms. The number of benzene rings is 2. The van der Waals surface area contributed by atoms with Crippen LogP contribution in [0.25, 0.3) is 0 Å². The molecule has 9 heteroatoms. The van der Waals surface area contributed by atoms with E-state index < -0.39 is 40.3 Å². The third-order valence-electron chi connectivity index (χ3n) is 5.18. The molecule has 0 aromatic heterocycles. The molecule has 2 aromatic rings. The summed E-state index contributed by atoms with van der Waals surface area (Å²) in [5.41, 5.74) is 0.285. The first-order valence-corrected chi connectivity index (χ1v) is 11.6. The number of methoxy groups -OCH3 is 1. The number of aliphatic hydroxyl groups is 1. The van der Waals surface area contributed by atoms with Crippen molar-refractivity contribution in [3.63, 3.8) is 0 Å². The van der Waals surface area contributed by atoms with E-state index >= 15 is 0 Å². The Hall–Kier alpha value is -2.62. The number of sulfonamides is 1. The normalized spacial score (nSPS) is 19.9. The Kier molecular flexibility index (Phi) is 6.59. The van der Waals surface area contributed by atoms with Gasteiger partial charge in [-0.2, -0.15) is 4.31 Å². The van der Waals surface area contributed by atoms with Crippen LogP contribution in [0.15, 0.2) is 48.5 Å². The zero-order chi connectivity index (χ0) is 22.8. The fourth-order valence-electron chi connectivity index (χ4n) is 3.50. The molecular formula is C22H27NO7S. The van der Waals surface area contributed by atoms with E-state index in [1.807, 2.05) is 30.3 Å². The standard InChI is InChI=1S/C22H27NO7S/c1-22(2)21(25)20(23(31(4,26)27)13-19(24)28-3)17-12-16(10-11-18(17)30-22)29-14-15-8-6-5-7-9-15/h5-12,20-21,25H,13-14H2,1-4H3/t20-,21+/m0/s1. The molecule has 2 aromatic carbocycles. The summed E-state index contributed by atoms with van der Waals surface area (Å²) in [5.74, 6) is 0.153. The summed E-state index contributed by atoms with van der Waals surface area (Å²) in [4.78, 5) is 12.0. The summed E-state index contributed by atoms with van der Waals surface area (Å²) < 4.78 is 42.6. The van der Waals surface area contributed by atoms with E-state index in [2.05, 4.69) is 4.74 Å². The van der Waals surface area contributed by atoms with Crippen LogP contribution in [0, 0.1) is 0 Å². The fraction of sp³-hybridized carbons (Fsp3) is 0.409. The SMILES string of the molecule is COC(=O)CN([C@H]1c2cc(OCc3ccccc3)ccc2OC(C)(C)[C@@H]1O)S(C)(=O)=O. The molecule has 1 aliphatic rings. The molecule has 0 aliphatic carbocycles. The number of aliphatic hydroxyl groups excluding tert-OH is 1. The Bertz CT molecular complexity index is 1040. The highest BCUT2D eigenvalue weighted by Crippen LogP contribution is 2.45. The average Bonchev–Trinajstić information content (AvgIpc) is 2.72. The summed E-state index contributed by atoms with van der Waals surface area (Å²) in [6, 6.07) is 13.6. The molecule has 0 spiro atoms. The first kappa shape index (κ1) is 23.1. The van der Waals surface area contributed by atoms with Crippen molar-refractivity contribution in [1.82, 2.24) is 4.31 Å². The van der Waals surface area contributed by atoms with Gasteiger partial charge in [0, 0.05) is 5.56 Å². The van der Waals surface area contributed by atoms with E-state index in [-0.39, 0.29) is 0 Å². The largest absolute Gasteiger partial charge is 0.489 e. The quantitative estimate of drug-likeness (QED) is 0.647. The molecule has 0 radical (unpaired) electrons. The highest BCUT2D eigenvalue weighted by Gasteiger charge is 2.48. The van der Waals surface area contributed by atoms with Gasteiger partial charge in [0.25, 0.3) is 0 Å². The van der Waals surface area contributed by atoms with Crippen LogP contribution < -0.4 is 9.47 Å². The van der Waals surface area contributed by atoms with E-state index in [4.69, 9.17) is 9.47 Å². The molecule has 2 atom stereocenters. The number of rotatable bonds is 7. The molecule has 0 unspecified atom stereocenters. The highest BCUT2D eigenvalue weighted by molar-refractivity contribution is 7.88. The summed E-state index contributed by atoms with van der Waals surface area (Å²) in [5, 5.41) is 11.0. The summed E-state index contributed by atoms with van der Waals surface area (Å²) >= 11 is 0. The van der Waals surface area contributed by atoms with Crippen LogP contribution in [0.1, 0.15) is 31.0 Å². The van der Waals surface area contributed by atoms with E-state index in [1.54, 1.807) is 32.0 Å². The van der Waals surface area contributed by atoms with E-state index in [1.165, 1.54) is 7.11 Å². The van der Waals surface area contributed by atoms with Crippen molar-refractivity contribution in [2.75, 3.05) is 19.9 Å². The number of carbonyl (C=O) groups is 1. The van der Waals surface area contributed by atoms with Gasteiger partial charge in [0.2, 0.25) is 10.0 Å².